The number of nitrogens with zero attached hydrogens (tertiary/aromatic N) is 2. The molecule has 0 aromatic carbocycles. The van der Waals surface area contributed by atoms with Gasteiger partial charge in [-0.15, -0.1) is 12.3 Å². The molecular formula is C19H19BN2O4. The van der Waals surface area contributed by atoms with E-state index >= 15 is 0 Å². The molecule has 0 radical (unpaired) electrons. The first-order valence-corrected chi connectivity index (χ1v) is 9.29. The highest BCUT2D eigenvalue weighted by Crippen LogP contribution is 2.53. The zero-order valence-corrected chi connectivity index (χ0v) is 14.5. The third-order valence-corrected chi connectivity index (χ3v) is 7.22. The first kappa shape index (κ1) is 15.9. The van der Waals surface area contributed by atoms with Gasteiger partial charge in [0.15, 0.2) is 0 Å². The number of terminal acetylenes is 1. The van der Waals surface area contributed by atoms with E-state index in [1.165, 1.54) is 0 Å². The average molecular weight is 350 g/mol. The van der Waals surface area contributed by atoms with Crippen LogP contribution in [-0.2, 0) is 19.2 Å². The number of imide groups is 2. The lowest BCUT2D eigenvalue weighted by atomic mass is 9.85. The van der Waals surface area contributed by atoms with E-state index < -0.39 is 11.8 Å². The molecule has 5 rings (SSSR count). The molecule has 8 unspecified atom stereocenters. The second-order valence-electron chi connectivity index (χ2n) is 8.39. The molecule has 2 heterocycles. The summed E-state index contributed by atoms with van der Waals surface area (Å²) in [5, 5.41) is 0. The minimum absolute atomic E-state index is 0.0342. The molecule has 4 fully saturated rings. The SMILES string of the molecule is C#CC1CC(C)C2C(=O)N(BN3C(=O)C4C5C=CC(C5)C4C3=O)C(=O)C12. The van der Waals surface area contributed by atoms with Gasteiger partial charge in [-0.1, -0.05) is 19.1 Å². The highest BCUT2D eigenvalue weighted by Gasteiger charge is 2.62. The van der Waals surface area contributed by atoms with Crippen LogP contribution in [0.15, 0.2) is 12.2 Å². The fourth-order valence-corrected chi connectivity index (χ4v) is 6.05. The summed E-state index contributed by atoms with van der Waals surface area (Å²) in [6.07, 6.45) is 11.1. The molecule has 0 N–H and O–H groups in total. The molecule has 2 bridgehead atoms. The smallest absolute Gasteiger partial charge is 0.309 e. The average Bonchev–Trinajstić information content (AvgIpc) is 3.38. The number of hydrogen-bond donors (Lipinski definition) is 0. The van der Waals surface area contributed by atoms with Crippen LogP contribution in [0, 0.1) is 59.7 Å². The molecule has 132 valence electrons. The number of fused-ring (bicyclic) bond motifs is 6. The summed E-state index contributed by atoms with van der Waals surface area (Å²) in [5.41, 5.74) is 0. The van der Waals surface area contributed by atoms with Crippen molar-refractivity contribution < 1.29 is 19.2 Å². The predicted octanol–water partition coefficient (Wildman–Crippen LogP) is -0.0496. The number of allylic oxidation sites excluding steroid dienone is 2. The second-order valence-corrected chi connectivity index (χ2v) is 8.39. The minimum Gasteiger partial charge on any atom is -0.309 e. The van der Waals surface area contributed by atoms with E-state index in [0.29, 0.717) is 6.42 Å². The molecule has 6 nitrogen and oxygen atoms in total. The van der Waals surface area contributed by atoms with Crippen molar-refractivity contribution in [1.82, 2.24) is 9.62 Å². The lowest BCUT2D eigenvalue weighted by Gasteiger charge is -2.23. The molecule has 7 heteroatoms. The van der Waals surface area contributed by atoms with E-state index in [2.05, 4.69) is 5.92 Å². The Morgan fingerprint density at radius 2 is 1.38 bits per heavy atom. The van der Waals surface area contributed by atoms with Crippen molar-refractivity contribution in [3.8, 4) is 12.3 Å². The molecular weight excluding hydrogens is 331 g/mol. The summed E-state index contributed by atoms with van der Waals surface area (Å²) in [5.74, 6) is -0.00385. The topological polar surface area (TPSA) is 74.8 Å². The lowest BCUT2D eigenvalue weighted by Crippen LogP contribution is -2.49. The van der Waals surface area contributed by atoms with E-state index in [0.717, 1.165) is 16.0 Å². The van der Waals surface area contributed by atoms with Gasteiger partial charge in [0, 0.05) is 5.92 Å². The minimum atomic E-state index is -0.507. The van der Waals surface area contributed by atoms with Crippen LogP contribution in [0.4, 0.5) is 0 Å². The summed E-state index contributed by atoms with van der Waals surface area (Å²) >= 11 is 0. The maximum absolute atomic E-state index is 12.8. The van der Waals surface area contributed by atoms with Crippen molar-refractivity contribution >= 4 is 31.2 Å². The van der Waals surface area contributed by atoms with Gasteiger partial charge in [-0.2, -0.15) is 0 Å². The Morgan fingerprint density at radius 1 is 0.885 bits per heavy atom. The number of hydrogen-bond acceptors (Lipinski definition) is 4. The van der Waals surface area contributed by atoms with E-state index in [1.54, 1.807) is 0 Å². The predicted molar refractivity (Wildman–Crippen MR) is 91.7 cm³/mol. The van der Waals surface area contributed by atoms with Crippen molar-refractivity contribution in [2.45, 2.75) is 19.8 Å². The maximum Gasteiger partial charge on any atom is 0.376 e. The number of rotatable bonds is 2. The molecule has 3 aliphatic carbocycles. The standard InChI is InChI=1S/C19H19BN2O4/c1-3-9-6-8(2)12-13(9)17(24)21(16(12)23)20-22-18(25)14-10-4-5-11(7-10)15(14)19(22)26/h1,4-5,8-15,20H,6-7H2,2H3. The monoisotopic (exact) mass is 350 g/mol. The fourth-order valence-electron chi connectivity index (χ4n) is 6.05. The molecule has 8 atom stereocenters. The Hall–Kier alpha value is -2.36. The fraction of sp³-hybridized carbons (Fsp3) is 0.579. The first-order valence-electron chi connectivity index (χ1n) is 9.29. The van der Waals surface area contributed by atoms with Crippen molar-refractivity contribution in [2.75, 3.05) is 0 Å². The Bertz CT molecular complexity index is 800. The van der Waals surface area contributed by atoms with Gasteiger partial charge >= 0.3 is 7.55 Å². The van der Waals surface area contributed by atoms with E-state index in [-0.39, 0.29) is 66.7 Å². The van der Waals surface area contributed by atoms with Gasteiger partial charge in [0.2, 0.25) is 23.6 Å². The number of carbonyl (C=O) groups is 4. The largest absolute Gasteiger partial charge is 0.376 e. The van der Waals surface area contributed by atoms with Crippen molar-refractivity contribution in [1.29, 1.82) is 0 Å². The summed E-state index contributed by atoms with van der Waals surface area (Å²) in [6.45, 7) is 1.93. The molecule has 0 aromatic heterocycles. The molecule has 0 aromatic rings. The molecule has 2 aliphatic heterocycles. The summed E-state index contributed by atoms with van der Waals surface area (Å²) in [6, 6.07) is 0. The van der Waals surface area contributed by atoms with Gasteiger partial charge in [0.1, 0.15) is 0 Å². The van der Waals surface area contributed by atoms with E-state index in [9.17, 15) is 19.2 Å². The summed E-state index contributed by atoms with van der Waals surface area (Å²) in [7, 11) is -0.251. The van der Waals surface area contributed by atoms with Crippen LogP contribution in [0.5, 0.6) is 0 Å². The number of carbonyl (C=O) groups excluding carboxylic acids is 4. The molecule has 2 saturated heterocycles. The zero-order valence-electron chi connectivity index (χ0n) is 14.5. The molecule has 2 saturated carbocycles. The quantitative estimate of drug-likeness (QED) is 0.303. The van der Waals surface area contributed by atoms with Crippen LogP contribution in [0.2, 0.25) is 0 Å². The van der Waals surface area contributed by atoms with Gasteiger partial charge < -0.3 is 9.62 Å². The van der Waals surface area contributed by atoms with Gasteiger partial charge in [-0.25, -0.2) is 0 Å². The third-order valence-electron chi connectivity index (χ3n) is 7.22. The second kappa shape index (κ2) is 5.09. The van der Waals surface area contributed by atoms with Crippen LogP contribution in [0.25, 0.3) is 0 Å². The highest BCUT2D eigenvalue weighted by atomic mass is 16.2. The van der Waals surface area contributed by atoms with E-state index in [1.807, 2.05) is 19.1 Å². The van der Waals surface area contributed by atoms with Gasteiger partial charge in [0.25, 0.3) is 0 Å². The van der Waals surface area contributed by atoms with Crippen LogP contribution < -0.4 is 0 Å². The summed E-state index contributed by atoms with van der Waals surface area (Å²) < 4.78 is 0. The number of amides is 4. The van der Waals surface area contributed by atoms with Crippen LogP contribution in [0.3, 0.4) is 0 Å². The molecule has 4 amide bonds. The molecule has 5 aliphatic rings. The Morgan fingerprint density at radius 3 is 1.92 bits per heavy atom. The lowest BCUT2D eigenvalue weighted by molar-refractivity contribution is -0.137. The normalized spacial score (nSPS) is 45.5. The summed E-state index contributed by atoms with van der Waals surface area (Å²) in [4.78, 5) is 53.5. The van der Waals surface area contributed by atoms with Crippen LogP contribution in [0.1, 0.15) is 19.8 Å². The van der Waals surface area contributed by atoms with Crippen LogP contribution in [-0.4, -0.2) is 40.8 Å². The highest BCUT2D eigenvalue weighted by molar-refractivity contribution is 6.49. The van der Waals surface area contributed by atoms with Gasteiger partial charge in [-0.05, 0) is 30.6 Å². The molecule has 0 spiro atoms. The van der Waals surface area contributed by atoms with Crippen molar-refractivity contribution in [3.05, 3.63) is 12.2 Å². The van der Waals surface area contributed by atoms with Crippen molar-refractivity contribution in [3.63, 3.8) is 0 Å². The van der Waals surface area contributed by atoms with E-state index in [4.69, 9.17) is 6.42 Å². The third kappa shape index (κ3) is 1.75. The van der Waals surface area contributed by atoms with Gasteiger partial charge in [0.05, 0.1) is 23.7 Å². The first-order chi connectivity index (χ1) is 12.4. The zero-order chi connectivity index (χ0) is 18.3. The van der Waals surface area contributed by atoms with Crippen molar-refractivity contribution in [2.24, 2.45) is 47.3 Å². The Balaban J connectivity index is 1.40. The Labute approximate surface area is 152 Å². The Kier molecular flexibility index (Phi) is 3.11. The molecule has 26 heavy (non-hydrogen) atoms. The van der Waals surface area contributed by atoms with Gasteiger partial charge in [-0.3, -0.25) is 19.2 Å². The maximum atomic E-state index is 12.8. The van der Waals surface area contributed by atoms with Crippen LogP contribution >= 0.6 is 0 Å².